The summed E-state index contributed by atoms with van der Waals surface area (Å²) in [5, 5.41) is 68.7. The monoisotopic (exact) mass is 2090 g/mol. The number of Topliss-reactive ketones (excluding diaryl/α,β-unsaturated/α-hetero) is 1. The number of imide groups is 1. The molecule has 4 fully saturated rings. The van der Waals surface area contributed by atoms with Crippen LogP contribution in [-0.2, 0) is 119 Å². The summed E-state index contributed by atoms with van der Waals surface area (Å²) in [6, 6.07) is -1.75. The molecule has 19 atom stereocenters. The molecule has 8 rings (SSSR count). The van der Waals surface area contributed by atoms with Gasteiger partial charge in [-0.15, -0.1) is 0 Å². The quantitative estimate of drug-likeness (QED) is 0.0111. The molecule has 0 spiro atoms. The number of aliphatic hydroxyl groups is 5. The van der Waals surface area contributed by atoms with Gasteiger partial charge in [-0.3, -0.25) is 53.4 Å². The Labute approximate surface area is 817 Å². The van der Waals surface area contributed by atoms with E-state index in [9.17, 15) is 68.7 Å². The molecular weight excluding hydrogens is 1960 g/mol. The molecule has 46 heteroatoms. The molecule has 1 unspecified atom stereocenters. The Balaban J connectivity index is 0.773. The smallest absolute Gasteiger partial charge is 0.411 e. The van der Waals surface area contributed by atoms with E-state index in [1.54, 1.807) is 38.7 Å². The molecule has 42 nitrogen and oxygen atoms in total. The fourth-order valence-electron chi connectivity index (χ4n) is 15.2. The minimum atomic E-state index is -2.23. The molecule has 7 aliphatic rings. The number of fused-ring (bicyclic) bond motifs is 2. The number of hydrogen-bond acceptors (Lipinski definition) is 39. The van der Waals surface area contributed by atoms with E-state index in [4.69, 9.17) is 99.6 Å². The number of aliphatic hydroxyl groups excluding tert-OH is 4. The summed E-state index contributed by atoms with van der Waals surface area (Å²) >= 11 is 2.77. The first-order valence-corrected chi connectivity index (χ1v) is 49.2. The Kier molecular flexibility index (Phi) is 49.8. The normalized spacial score (nSPS) is 27.2. The molecular formula is C90H132IN7O35S3. The Morgan fingerprint density at radius 2 is 1.24 bits per heavy atom. The van der Waals surface area contributed by atoms with Crippen LogP contribution in [0.1, 0.15) is 109 Å². The van der Waals surface area contributed by atoms with Gasteiger partial charge in [-0.05, 0) is 95.2 Å². The highest BCUT2D eigenvalue weighted by molar-refractivity contribution is 14.1. The van der Waals surface area contributed by atoms with Gasteiger partial charge in [0.1, 0.15) is 36.6 Å². The molecule has 10 N–H and O–H groups in total. The Bertz CT molecular complexity index is 4310. The van der Waals surface area contributed by atoms with Crippen molar-refractivity contribution < 1.29 is 168 Å². The lowest BCUT2D eigenvalue weighted by atomic mass is 9.75. The highest BCUT2D eigenvalue weighted by Crippen LogP contribution is 2.50. The molecule has 762 valence electrons. The van der Waals surface area contributed by atoms with Crippen molar-refractivity contribution in [3.8, 4) is 40.9 Å². The van der Waals surface area contributed by atoms with E-state index >= 15 is 0 Å². The number of methoxy groups -OCH3 is 5. The maximum Gasteiger partial charge on any atom is 0.411 e. The number of rotatable bonds is 58. The number of alkyl carbamates (subject to hydrolysis) is 1. The second kappa shape index (κ2) is 59.2. The zero-order chi connectivity index (χ0) is 99.0. The van der Waals surface area contributed by atoms with Gasteiger partial charge in [0, 0.05) is 120 Å². The number of benzene rings is 1. The van der Waals surface area contributed by atoms with Gasteiger partial charge in [0.25, 0.3) is 11.8 Å². The van der Waals surface area contributed by atoms with Gasteiger partial charge in [0.05, 0.1) is 203 Å². The van der Waals surface area contributed by atoms with Gasteiger partial charge in [-0.2, -0.15) is 5.48 Å². The zero-order valence-corrected chi connectivity index (χ0v) is 83.6. The Hall–Kier alpha value is -6.81. The van der Waals surface area contributed by atoms with E-state index in [0.29, 0.717) is 115 Å². The number of thioether (sulfide) groups is 1. The van der Waals surface area contributed by atoms with Gasteiger partial charge in [-0.1, -0.05) is 63.1 Å². The van der Waals surface area contributed by atoms with Crippen molar-refractivity contribution in [1.82, 2.24) is 36.5 Å². The fraction of sp³-hybridized carbons (Fsp3) is 0.700. The second-order valence-electron chi connectivity index (χ2n) is 32.5. The lowest BCUT2D eigenvalue weighted by Crippen LogP contribution is -2.65. The number of halogens is 1. The van der Waals surface area contributed by atoms with E-state index in [2.05, 4.69) is 50.4 Å². The molecule has 1 aromatic carbocycles. The number of ketones is 1. The number of hydrogen-bond donors (Lipinski definition) is 10. The number of amides is 7. The van der Waals surface area contributed by atoms with Crippen LogP contribution >= 0.6 is 55.9 Å². The fourth-order valence-corrected chi connectivity index (χ4v) is 19.4. The summed E-state index contributed by atoms with van der Waals surface area (Å²) in [5.74, 6) is 9.11. The van der Waals surface area contributed by atoms with Gasteiger partial charge in [0.15, 0.2) is 41.8 Å². The van der Waals surface area contributed by atoms with Crippen LogP contribution in [0.25, 0.3) is 0 Å². The summed E-state index contributed by atoms with van der Waals surface area (Å²) in [5.41, 5.74) is 0.695. The van der Waals surface area contributed by atoms with Gasteiger partial charge in [-0.25, -0.2) is 4.79 Å². The standard InChI is InChI=1S/C90H132IN7O35S3/c1-14-97(57(6)99)59-52-126-69(50-63(59)113-9)131-82-77(108)74(96-133-70-49-60(100)84(56(5)127-70)135-85(110)71-53(2)73(91)80(83(116-12)79(71)114-10)132-86-78(109)81(115-11)76(107)55(4)129-86)54(3)128-87(82)130-62-19-17-15-16-18-26-90(112)51-61(101)75(95-88(111)117-13)72(62)58(90)25-48-134-136-89(7,8)27-22-64(102)92-28-29-93-66(104)24-32-118-34-36-120-38-40-122-42-44-124-46-47-125-45-43-123-41-39-121-37-35-119-33-30-94-65(103)23-31-98-67(105)20-21-68(98)106/h15-16,20-21,25,54-56,59-60,62-63,69-70,74,76-78,81-82,84,86-87,96,100,107-109,112H,14,22-24,27-52H2,1-13H3,(H,92,102)(H,93,104)(H,94,103)(H,95,111)/b16-15-,58-25+/t54-,55+,56-,59+,60+,62+,63+,69+,70+,74-,76+,77+,78-,81-,82-,84-,86+,87+,90?/m1/s1. The predicted octanol–water partition coefficient (Wildman–Crippen LogP) is 1.92. The largest absolute Gasteiger partial charge is 0.492 e. The third-order valence-corrected chi connectivity index (χ3v) is 28.3. The third-order valence-electron chi connectivity index (χ3n) is 22.4. The first-order chi connectivity index (χ1) is 65.2. The molecule has 0 radical (unpaired) electrons. The van der Waals surface area contributed by atoms with Gasteiger partial charge < -0.3 is 141 Å². The molecule has 136 heavy (non-hydrogen) atoms. The van der Waals surface area contributed by atoms with E-state index in [1.807, 2.05) is 43.4 Å². The molecule has 5 aliphatic heterocycles. The average Bonchev–Trinajstić information content (AvgIpc) is 0.971. The number of allylic oxidation sites excluding steroid dienone is 3. The van der Waals surface area contributed by atoms with Crippen LogP contribution < -0.4 is 41.0 Å². The van der Waals surface area contributed by atoms with Crippen LogP contribution in [0.4, 0.5) is 4.79 Å². The van der Waals surface area contributed by atoms with E-state index in [1.165, 1.54) is 81.3 Å². The van der Waals surface area contributed by atoms with Crippen LogP contribution in [0.3, 0.4) is 0 Å². The summed E-state index contributed by atoms with van der Waals surface area (Å²) in [4.78, 5) is 125. The maximum atomic E-state index is 14.6. The molecule has 0 aromatic heterocycles. The number of carbonyl (C=O) groups is 9. The van der Waals surface area contributed by atoms with Crippen molar-refractivity contribution >= 4 is 108 Å². The van der Waals surface area contributed by atoms with E-state index in [-0.39, 0.29) is 147 Å². The summed E-state index contributed by atoms with van der Waals surface area (Å²) in [7, 11) is 9.41. The Morgan fingerprint density at radius 3 is 1.81 bits per heavy atom. The lowest BCUT2D eigenvalue weighted by molar-refractivity contribution is -0.337. The molecule has 0 saturated carbocycles. The molecule has 5 heterocycles. The number of carbonyl (C=O) groups excluding carboxylic acids is 9. The number of hydroxylamine groups is 1. The summed E-state index contributed by atoms with van der Waals surface area (Å²) < 4.78 is 117. The number of likely N-dealkylation sites (N-methyl/N-ethyl adjacent to an activating group) is 1. The molecule has 2 bridgehead atoms. The first kappa shape index (κ1) is 114. The molecule has 4 saturated heterocycles. The van der Waals surface area contributed by atoms with Gasteiger partial charge in [0.2, 0.25) is 40.8 Å². The minimum absolute atomic E-state index is 0.00154. The van der Waals surface area contributed by atoms with Crippen molar-refractivity contribution in [2.24, 2.45) is 0 Å². The number of nitrogens with one attached hydrogen (secondary N) is 5. The SMILES string of the molecule is CCN(C(C)=O)[C@H]1CO[C@@H](O[C@H]2[C@H](O[C@H]3C#C/C=C\C#CC4(O)CC(=O)C(NC(=O)OC)=C3/C4=C\CSSC(C)(C)CCC(=O)NCCNC(=O)CCOCCOCCOCCOCCOCCOCCOCCOCCNC(=O)CCN3C(=O)C=CC3=O)O[C@H](C)[C@@H](NO[C@H]3C[C@H](O)[C@H](SC(=O)c4c(C)c(I)c(O[C@@H]5O[C@@H](C)[C@H](O)[C@@H](OC)[C@H]5O)c(OC)c4OC)[C@@H](C)O3)[C@@H]2O)C[C@@H]1OC. The van der Waals surface area contributed by atoms with Gasteiger partial charge >= 0.3 is 6.09 Å². The molecule has 1 aromatic rings. The highest BCUT2D eigenvalue weighted by Gasteiger charge is 2.53. The van der Waals surface area contributed by atoms with Crippen molar-refractivity contribution in [3.63, 3.8) is 0 Å². The van der Waals surface area contributed by atoms with Crippen LogP contribution in [0.5, 0.6) is 17.2 Å². The maximum absolute atomic E-state index is 14.6. The van der Waals surface area contributed by atoms with Crippen molar-refractivity contribution in [2.75, 3.05) is 186 Å². The minimum Gasteiger partial charge on any atom is -0.492 e. The topological polar surface area (TPSA) is 515 Å². The number of ether oxygens (including phenoxy) is 20. The van der Waals surface area contributed by atoms with Crippen LogP contribution in [-0.4, -0.2) is 394 Å². The number of nitrogens with zero attached hydrogens (tertiary/aromatic N) is 2. The van der Waals surface area contributed by atoms with Crippen LogP contribution in [0, 0.1) is 34.2 Å². The first-order valence-electron chi connectivity index (χ1n) is 44.9. The summed E-state index contributed by atoms with van der Waals surface area (Å²) in [6.07, 6.45) is -13.0. The van der Waals surface area contributed by atoms with Crippen molar-refractivity contribution in [3.05, 3.63) is 61.9 Å². The predicted molar refractivity (Wildman–Crippen MR) is 499 cm³/mol. The lowest BCUT2D eigenvalue weighted by Gasteiger charge is -2.47. The summed E-state index contributed by atoms with van der Waals surface area (Å²) in [6.45, 7) is 20.1. The Morgan fingerprint density at radius 1 is 0.662 bits per heavy atom. The van der Waals surface area contributed by atoms with Crippen LogP contribution in [0.2, 0.25) is 0 Å². The van der Waals surface area contributed by atoms with Crippen molar-refractivity contribution in [1.29, 1.82) is 0 Å². The zero-order valence-electron chi connectivity index (χ0n) is 79.0. The average molecular weight is 2100 g/mol. The third kappa shape index (κ3) is 34.8. The highest BCUT2D eigenvalue weighted by atomic mass is 127. The molecule has 7 amide bonds. The van der Waals surface area contributed by atoms with Crippen LogP contribution in [0.15, 0.2) is 47.2 Å². The molecule has 2 aliphatic carbocycles. The van der Waals surface area contributed by atoms with Crippen molar-refractivity contribution in [2.45, 2.75) is 220 Å². The second-order valence-corrected chi connectivity index (χ2v) is 37.8. The van der Waals surface area contributed by atoms with E-state index < -0.39 is 155 Å². The van der Waals surface area contributed by atoms with E-state index in [0.717, 1.165) is 23.8 Å².